The third-order valence-electron chi connectivity index (χ3n) is 3.48. The molecule has 5 heteroatoms. The van der Waals surface area contributed by atoms with Crippen LogP contribution in [0.1, 0.15) is 40.5 Å². The molecule has 108 valence electrons. The summed E-state index contributed by atoms with van der Waals surface area (Å²) in [6.45, 7) is 5.35. The van der Waals surface area contributed by atoms with Crippen molar-refractivity contribution >= 4 is 16.9 Å². The molecular formula is C16H16N2O3. The molecule has 0 fully saturated rings. The van der Waals surface area contributed by atoms with E-state index in [9.17, 15) is 4.79 Å². The van der Waals surface area contributed by atoms with Gasteiger partial charge in [-0.2, -0.15) is 0 Å². The van der Waals surface area contributed by atoms with E-state index in [0.717, 1.165) is 16.7 Å². The summed E-state index contributed by atoms with van der Waals surface area (Å²) in [4.78, 5) is 12.3. The van der Waals surface area contributed by atoms with Crippen molar-refractivity contribution in [1.29, 1.82) is 0 Å². The first kappa shape index (κ1) is 13.4. The molecule has 0 spiro atoms. The van der Waals surface area contributed by atoms with E-state index in [4.69, 9.17) is 8.94 Å². The SMILES string of the molecule is Cc1noc(C)c1C(=O)N[C@H](C)c1cc2ccccc2o1. The lowest BCUT2D eigenvalue weighted by atomic mass is 10.1. The first-order valence-electron chi connectivity index (χ1n) is 6.78. The number of rotatable bonds is 3. The van der Waals surface area contributed by atoms with Gasteiger partial charge in [-0.25, -0.2) is 0 Å². The molecule has 0 aliphatic heterocycles. The summed E-state index contributed by atoms with van der Waals surface area (Å²) >= 11 is 0. The topological polar surface area (TPSA) is 68.3 Å². The van der Waals surface area contributed by atoms with Gasteiger partial charge < -0.3 is 14.3 Å². The van der Waals surface area contributed by atoms with Crippen LogP contribution in [0, 0.1) is 13.8 Å². The van der Waals surface area contributed by atoms with Crippen molar-refractivity contribution in [2.45, 2.75) is 26.8 Å². The Hall–Kier alpha value is -2.56. The minimum Gasteiger partial charge on any atom is -0.459 e. The fourth-order valence-corrected chi connectivity index (χ4v) is 2.36. The van der Waals surface area contributed by atoms with Gasteiger partial charge in [-0.1, -0.05) is 23.4 Å². The Morgan fingerprint density at radius 1 is 1.29 bits per heavy atom. The van der Waals surface area contributed by atoms with Crippen LogP contribution in [0.3, 0.4) is 0 Å². The van der Waals surface area contributed by atoms with E-state index in [1.807, 2.05) is 37.3 Å². The standard InChI is InChI=1S/C16H16N2O3/c1-9(14-8-12-6-4-5-7-13(12)20-14)17-16(19)15-10(2)18-21-11(15)3/h4-9H,1-3H3,(H,17,19)/t9-/m1/s1. The predicted octanol–water partition coefficient (Wildman–Crippen LogP) is 3.53. The first-order chi connectivity index (χ1) is 10.1. The number of fused-ring (bicyclic) bond motifs is 1. The molecule has 0 radical (unpaired) electrons. The number of amides is 1. The average Bonchev–Trinajstić information content (AvgIpc) is 3.02. The Balaban J connectivity index is 1.82. The molecule has 0 aliphatic rings. The molecule has 3 aromatic rings. The Labute approximate surface area is 121 Å². The summed E-state index contributed by atoms with van der Waals surface area (Å²) in [7, 11) is 0. The predicted molar refractivity (Wildman–Crippen MR) is 78.1 cm³/mol. The number of hydrogen-bond donors (Lipinski definition) is 1. The van der Waals surface area contributed by atoms with Crippen LogP contribution in [0.4, 0.5) is 0 Å². The van der Waals surface area contributed by atoms with Crippen LogP contribution >= 0.6 is 0 Å². The van der Waals surface area contributed by atoms with Crippen molar-refractivity contribution < 1.29 is 13.7 Å². The lowest BCUT2D eigenvalue weighted by Gasteiger charge is -2.10. The number of aromatic nitrogens is 1. The molecule has 5 nitrogen and oxygen atoms in total. The zero-order valence-electron chi connectivity index (χ0n) is 12.1. The molecule has 1 aromatic carbocycles. The largest absolute Gasteiger partial charge is 0.459 e. The molecule has 1 amide bonds. The Morgan fingerprint density at radius 3 is 2.71 bits per heavy atom. The van der Waals surface area contributed by atoms with Gasteiger partial charge in [-0.3, -0.25) is 4.79 Å². The second-order valence-corrected chi connectivity index (χ2v) is 5.08. The number of carbonyl (C=O) groups excluding carboxylic acids is 1. The van der Waals surface area contributed by atoms with Crippen LogP contribution in [-0.2, 0) is 0 Å². The third-order valence-corrected chi connectivity index (χ3v) is 3.48. The van der Waals surface area contributed by atoms with Gasteiger partial charge in [0.1, 0.15) is 22.7 Å². The number of hydrogen-bond acceptors (Lipinski definition) is 4. The maximum Gasteiger partial charge on any atom is 0.257 e. The Morgan fingerprint density at radius 2 is 2.05 bits per heavy atom. The van der Waals surface area contributed by atoms with E-state index in [0.29, 0.717) is 17.0 Å². The summed E-state index contributed by atoms with van der Waals surface area (Å²) < 4.78 is 10.8. The van der Waals surface area contributed by atoms with Gasteiger partial charge >= 0.3 is 0 Å². The molecule has 0 unspecified atom stereocenters. The van der Waals surface area contributed by atoms with Crippen LogP contribution in [0.5, 0.6) is 0 Å². The minimum atomic E-state index is -0.237. The van der Waals surface area contributed by atoms with E-state index < -0.39 is 0 Å². The molecule has 0 saturated heterocycles. The average molecular weight is 284 g/mol. The number of para-hydroxylation sites is 1. The lowest BCUT2D eigenvalue weighted by molar-refractivity contribution is 0.0933. The van der Waals surface area contributed by atoms with Gasteiger partial charge in [0.05, 0.1) is 11.7 Å². The molecule has 0 aliphatic carbocycles. The molecule has 0 saturated carbocycles. The van der Waals surface area contributed by atoms with Crippen LogP contribution in [-0.4, -0.2) is 11.1 Å². The van der Waals surface area contributed by atoms with Gasteiger partial charge in [0.15, 0.2) is 0 Å². The fraction of sp³-hybridized carbons (Fsp3) is 0.250. The number of nitrogens with zero attached hydrogens (tertiary/aromatic N) is 1. The fourth-order valence-electron chi connectivity index (χ4n) is 2.36. The summed E-state index contributed by atoms with van der Waals surface area (Å²) in [6, 6.07) is 9.45. The normalized spacial score (nSPS) is 12.5. The highest BCUT2D eigenvalue weighted by atomic mass is 16.5. The number of nitrogens with one attached hydrogen (secondary N) is 1. The zero-order valence-corrected chi connectivity index (χ0v) is 12.1. The minimum absolute atomic E-state index is 0.209. The van der Waals surface area contributed by atoms with E-state index in [1.54, 1.807) is 13.8 Å². The van der Waals surface area contributed by atoms with E-state index in [-0.39, 0.29) is 11.9 Å². The van der Waals surface area contributed by atoms with Crippen molar-refractivity contribution in [2.24, 2.45) is 0 Å². The zero-order chi connectivity index (χ0) is 15.0. The first-order valence-corrected chi connectivity index (χ1v) is 6.78. The van der Waals surface area contributed by atoms with Crippen molar-refractivity contribution in [2.75, 3.05) is 0 Å². The summed E-state index contributed by atoms with van der Waals surface area (Å²) in [6.07, 6.45) is 0. The van der Waals surface area contributed by atoms with Gasteiger partial charge in [0, 0.05) is 5.39 Å². The number of aryl methyl sites for hydroxylation is 2. The quantitative estimate of drug-likeness (QED) is 0.799. The van der Waals surface area contributed by atoms with Crippen molar-refractivity contribution in [3.8, 4) is 0 Å². The lowest BCUT2D eigenvalue weighted by Crippen LogP contribution is -2.27. The van der Waals surface area contributed by atoms with Gasteiger partial charge in [0.25, 0.3) is 5.91 Å². The Kier molecular flexibility index (Phi) is 3.25. The van der Waals surface area contributed by atoms with Gasteiger partial charge in [0.2, 0.25) is 0 Å². The van der Waals surface area contributed by atoms with E-state index in [2.05, 4.69) is 10.5 Å². The number of benzene rings is 1. The van der Waals surface area contributed by atoms with E-state index in [1.165, 1.54) is 0 Å². The summed E-state index contributed by atoms with van der Waals surface area (Å²) in [5.41, 5.74) is 1.88. The molecule has 2 heterocycles. The summed E-state index contributed by atoms with van der Waals surface area (Å²) in [5, 5.41) is 7.72. The van der Waals surface area contributed by atoms with Gasteiger partial charge in [-0.05, 0) is 32.9 Å². The molecule has 1 atom stereocenters. The maximum atomic E-state index is 12.3. The molecular weight excluding hydrogens is 268 g/mol. The van der Waals surface area contributed by atoms with Crippen LogP contribution in [0.15, 0.2) is 39.3 Å². The monoisotopic (exact) mass is 284 g/mol. The Bertz CT molecular complexity index is 748. The highest BCUT2D eigenvalue weighted by molar-refractivity contribution is 5.96. The van der Waals surface area contributed by atoms with Crippen LogP contribution in [0.2, 0.25) is 0 Å². The second-order valence-electron chi connectivity index (χ2n) is 5.08. The van der Waals surface area contributed by atoms with Crippen molar-refractivity contribution in [3.63, 3.8) is 0 Å². The summed E-state index contributed by atoms with van der Waals surface area (Å²) in [5.74, 6) is 1.03. The van der Waals surface area contributed by atoms with E-state index >= 15 is 0 Å². The van der Waals surface area contributed by atoms with Crippen LogP contribution < -0.4 is 5.32 Å². The number of carbonyl (C=O) groups is 1. The molecule has 0 bridgehead atoms. The second kappa shape index (κ2) is 5.09. The molecule has 21 heavy (non-hydrogen) atoms. The molecule has 2 aromatic heterocycles. The van der Waals surface area contributed by atoms with Crippen molar-refractivity contribution in [1.82, 2.24) is 10.5 Å². The highest BCUT2D eigenvalue weighted by Gasteiger charge is 2.21. The van der Waals surface area contributed by atoms with Crippen molar-refractivity contribution in [3.05, 3.63) is 53.1 Å². The molecule has 3 rings (SSSR count). The third kappa shape index (κ3) is 2.42. The molecule has 1 N–H and O–H groups in total. The number of furan rings is 1. The highest BCUT2D eigenvalue weighted by Crippen LogP contribution is 2.24. The maximum absolute atomic E-state index is 12.3. The van der Waals surface area contributed by atoms with Gasteiger partial charge in [-0.15, -0.1) is 0 Å². The van der Waals surface area contributed by atoms with Crippen LogP contribution in [0.25, 0.3) is 11.0 Å². The smallest absolute Gasteiger partial charge is 0.257 e.